The van der Waals surface area contributed by atoms with E-state index in [0.717, 1.165) is 21.3 Å². The second-order valence-electron chi connectivity index (χ2n) is 3.81. The average molecular weight is 356 g/mol. The van der Waals surface area contributed by atoms with Crippen LogP contribution in [0.5, 0.6) is 11.5 Å². The van der Waals surface area contributed by atoms with Crippen molar-refractivity contribution in [2.24, 2.45) is 0 Å². The van der Waals surface area contributed by atoms with Gasteiger partial charge in [0.15, 0.2) is 0 Å². The van der Waals surface area contributed by atoms with E-state index in [1.54, 1.807) is 0 Å². The van der Waals surface area contributed by atoms with Crippen LogP contribution in [0.4, 0.5) is 0 Å². The molecule has 0 bridgehead atoms. The molecule has 0 spiro atoms. The first-order valence-electron chi connectivity index (χ1n) is 5.28. The fourth-order valence-electron chi connectivity index (χ4n) is 1.44. The van der Waals surface area contributed by atoms with E-state index in [1.807, 2.05) is 36.4 Å². The summed E-state index contributed by atoms with van der Waals surface area (Å²) in [6, 6.07) is 14.1. The number of hydrogen-bond acceptors (Lipinski definition) is 1. The molecule has 88 valence electrons. The molecular weight excluding hydrogens is 344 g/mol. The smallest absolute Gasteiger partial charge is 0.141 e. The van der Waals surface area contributed by atoms with Gasteiger partial charge in [-0.1, -0.05) is 39.7 Å². The van der Waals surface area contributed by atoms with Gasteiger partial charge in [-0.15, -0.1) is 0 Å². The molecule has 2 aromatic rings. The molecule has 2 rings (SSSR count). The molecule has 0 unspecified atom stereocenters. The van der Waals surface area contributed by atoms with E-state index in [2.05, 4.69) is 44.8 Å². The first-order chi connectivity index (χ1) is 8.19. The Morgan fingerprint density at radius 2 is 1.76 bits per heavy atom. The molecule has 0 radical (unpaired) electrons. The minimum Gasteiger partial charge on any atom is -0.456 e. The third-order valence-corrected chi connectivity index (χ3v) is 3.67. The van der Waals surface area contributed by atoms with Crippen LogP contribution in [0.15, 0.2) is 46.9 Å². The lowest BCUT2D eigenvalue weighted by molar-refractivity contribution is 0.479. The van der Waals surface area contributed by atoms with Crippen molar-refractivity contribution in [1.29, 1.82) is 0 Å². The Morgan fingerprint density at radius 3 is 2.35 bits per heavy atom. The molecule has 2 aromatic carbocycles. The molecular formula is C14H12Br2O. The minimum absolute atomic E-state index is 0.832. The van der Waals surface area contributed by atoms with Crippen molar-refractivity contribution in [2.75, 3.05) is 0 Å². The van der Waals surface area contributed by atoms with Crippen LogP contribution >= 0.6 is 31.9 Å². The predicted octanol–water partition coefficient (Wildman–Crippen LogP) is 5.44. The molecule has 0 aliphatic carbocycles. The van der Waals surface area contributed by atoms with Gasteiger partial charge in [0.1, 0.15) is 11.5 Å². The van der Waals surface area contributed by atoms with Crippen LogP contribution in [0.3, 0.4) is 0 Å². The van der Waals surface area contributed by atoms with E-state index in [4.69, 9.17) is 4.74 Å². The van der Waals surface area contributed by atoms with Crippen LogP contribution in [0.25, 0.3) is 0 Å². The summed E-state index contributed by atoms with van der Waals surface area (Å²) in [7, 11) is 0. The highest BCUT2D eigenvalue weighted by Crippen LogP contribution is 2.31. The van der Waals surface area contributed by atoms with E-state index in [1.165, 1.54) is 11.1 Å². The highest BCUT2D eigenvalue weighted by molar-refractivity contribution is 9.10. The Kier molecular flexibility index (Phi) is 4.24. The number of halogens is 2. The highest BCUT2D eigenvalue weighted by Gasteiger charge is 2.03. The summed E-state index contributed by atoms with van der Waals surface area (Å²) in [6.45, 7) is 2.06. The minimum atomic E-state index is 0.832. The number of rotatable bonds is 3. The zero-order chi connectivity index (χ0) is 12.3. The van der Waals surface area contributed by atoms with Gasteiger partial charge in [0.25, 0.3) is 0 Å². The van der Waals surface area contributed by atoms with E-state index in [9.17, 15) is 0 Å². The molecule has 0 fully saturated rings. The van der Waals surface area contributed by atoms with Crippen LogP contribution in [-0.4, -0.2) is 0 Å². The summed E-state index contributed by atoms with van der Waals surface area (Å²) in [5.74, 6) is 1.68. The lowest BCUT2D eigenvalue weighted by Crippen LogP contribution is -1.87. The molecule has 3 heteroatoms. The summed E-state index contributed by atoms with van der Waals surface area (Å²) in [6.07, 6.45) is 0. The van der Waals surface area contributed by atoms with Crippen molar-refractivity contribution in [3.8, 4) is 11.5 Å². The molecule has 0 atom stereocenters. The monoisotopic (exact) mass is 354 g/mol. The van der Waals surface area contributed by atoms with E-state index < -0.39 is 0 Å². The van der Waals surface area contributed by atoms with Crippen LogP contribution in [0.2, 0.25) is 0 Å². The average Bonchev–Trinajstić information content (AvgIpc) is 2.34. The van der Waals surface area contributed by atoms with Crippen LogP contribution in [0, 0.1) is 6.92 Å². The van der Waals surface area contributed by atoms with Gasteiger partial charge in [0, 0.05) is 5.33 Å². The number of hydrogen-bond donors (Lipinski definition) is 0. The molecule has 0 amide bonds. The predicted molar refractivity (Wildman–Crippen MR) is 78.0 cm³/mol. The number of benzene rings is 2. The summed E-state index contributed by atoms with van der Waals surface area (Å²) in [5, 5.41) is 0.844. The van der Waals surface area contributed by atoms with Crippen LogP contribution in [0.1, 0.15) is 11.1 Å². The zero-order valence-electron chi connectivity index (χ0n) is 9.41. The second-order valence-corrected chi connectivity index (χ2v) is 5.23. The second kappa shape index (κ2) is 5.69. The van der Waals surface area contributed by atoms with Crippen molar-refractivity contribution < 1.29 is 4.74 Å². The maximum absolute atomic E-state index is 5.80. The Balaban J connectivity index is 2.21. The normalized spacial score (nSPS) is 10.3. The molecule has 0 aliphatic rings. The molecule has 1 nitrogen and oxygen atoms in total. The molecule has 0 heterocycles. The third kappa shape index (κ3) is 3.33. The topological polar surface area (TPSA) is 9.23 Å². The van der Waals surface area contributed by atoms with Gasteiger partial charge < -0.3 is 4.74 Å². The summed E-state index contributed by atoms with van der Waals surface area (Å²) >= 11 is 6.94. The van der Waals surface area contributed by atoms with Crippen LogP contribution < -0.4 is 4.74 Å². The van der Waals surface area contributed by atoms with Gasteiger partial charge in [0.2, 0.25) is 0 Å². The third-order valence-electron chi connectivity index (χ3n) is 2.40. The van der Waals surface area contributed by atoms with Crippen molar-refractivity contribution in [3.05, 3.63) is 58.1 Å². The summed E-state index contributed by atoms with van der Waals surface area (Å²) in [4.78, 5) is 0. The fourth-order valence-corrected chi connectivity index (χ4v) is 2.30. The van der Waals surface area contributed by atoms with Gasteiger partial charge in [-0.25, -0.2) is 0 Å². The van der Waals surface area contributed by atoms with Crippen molar-refractivity contribution in [3.63, 3.8) is 0 Å². The van der Waals surface area contributed by atoms with Gasteiger partial charge in [0.05, 0.1) is 4.47 Å². The van der Waals surface area contributed by atoms with E-state index in [0.29, 0.717) is 0 Å². The van der Waals surface area contributed by atoms with Crippen molar-refractivity contribution in [2.45, 2.75) is 12.3 Å². The molecule has 0 aromatic heterocycles. The maximum Gasteiger partial charge on any atom is 0.141 e. The Morgan fingerprint density at radius 1 is 1.06 bits per heavy atom. The zero-order valence-corrected chi connectivity index (χ0v) is 12.6. The number of aryl methyl sites for hydroxylation is 1. The standard InChI is InChI=1S/C14H12Br2O/c1-10-2-5-12(6-3-10)17-14-7-4-11(9-15)8-13(14)16/h2-8H,9H2,1H3. The summed E-state index contributed by atoms with van der Waals surface area (Å²) < 4.78 is 6.77. The Bertz CT molecular complexity index is 506. The van der Waals surface area contributed by atoms with Gasteiger partial charge >= 0.3 is 0 Å². The highest BCUT2D eigenvalue weighted by atomic mass is 79.9. The first kappa shape index (κ1) is 12.7. The van der Waals surface area contributed by atoms with Crippen LogP contribution in [-0.2, 0) is 5.33 Å². The number of ether oxygens (including phenoxy) is 1. The van der Waals surface area contributed by atoms with E-state index in [-0.39, 0.29) is 0 Å². The molecule has 0 N–H and O–H groups in total. The van der Waals surface area contributed by atoms with Crippen molar-refractivity contribution in [1.82, 2.24) is 0 Å². The summed E-state index contributed by atoms with van der Waals surface area (Å²) in [5.41, 5.74) is 2.44. The first-order valence-corrected chi connectivity index (χ1v) is 7.19. The maximum atomic E-state index is 5.80. The SMILES string of the molecule is Cc1ccc(Oc2ccc(CBr)cc2Br)cc1. The molecule has 0 saturated carbocycles. The lowest BCUT2D eigenvalue weighted by atomic mass is 10.2. The largest absolute Gasteiger partial charge is 0.456 e. The number of alkyl halides is 1. The fraction of sp³-hybridized carbons (Fsp3) is 0.143. The van der Waals surface area contributed by atoms with Crippen molar-refractivity contribution >= 4 is 31.9 Å². The Labute approximate surface area is 118 Å². The lowest BCUT2D eigenvalue weighted by Gasteiger charge is -2.08. The molecule has 0 saturated heterocycles. The van der Waals surface area contributed by atoms with Gasteiger partial charge in [-0.2, -0.15) is 0 Å². The van der Waals surface area contributed by atoms with Gasteiger partial charge in [-0.3, -0.25) is 0 Å². The molecule has 17 heavy (non-hydrogen) atoms. The molecule has 0 aliphatic heterocycles. The Hall–Kier alpha value is -0.800. The van der Waals surface area contributed by atoms with E-state index >= 15 is 0 Å². The van der Waals surface area contributed by atoms with Gasteiger partial charge in [-0.05, 0) is 52.7 Å². The quantitative estimate of drug-likeness (QED) is 0.665.